The highest BCUT2D eigenvalue weighted by Crippen LogP contribution is 2.32. The summed E-state index contributed by atoms with van der Waals surface area (Å²) in [4.78, 5) is 4.46. The molecule has 0 saturated heterocycles. The van der Waals surface area contributed by atoms with Gasteiger partial charge in [0.2, 0.25) is 5.13 Å². The molecule has 1 N–H and O–H groups in total. The van der Waals surface area contributed by atoms with Gasteiger partial charge >= 0.3 is 0 Å². The van der Waals surface area contributed by atoms with Crippen molar-refractivity contribution in [1.29, 1.82) is 0 Å². The van der Waals surface area contributed by atoms with Crippen molar-refractivity contribution in [2.45, 2.75) is 13.8 Å². The molecule has 0 atom stereocenters. The summed E-state index contributed by atoms with van der Waals surface area (Å²) in [5.74, 6) is 1.91. The Labute approximate surface area is 122 Å². The van der Waals surface area contributed by atoms with Crippen LogP contribution in [0.25, 0.3) is 11.4 Å². The number of hydrogen-bond donors (Lipinski definition) is 1. The lowest BCUT2D eigenvalue weighted by Gasteiger charge is -2.06. The van der Waals surface area contributed by atoms with Crippen LogP contribution in [0.15, 0.2) is 18.2 Å². The number of halogens is 1. The molecule has 102 valence electrons. The Bertz CT molecular complexity index is 557. The molecule has 2 rings (SSSR count). The van der Waals surface area contributed by atoms with E-state index in [1.807, 2.05) is 12.1 Å². The van der Waals surface area contributed by atoms with Crippen molar-refractivity contribution in [2.24, 2.45) is 5.92 Å². The fraction of sp³-hybridized carbons (Fsp3) is 0.385. The summed E-state index contributed by atoms with van der Waals surface area (Å²) in [6.45, 7) is 5.18. The second kappa shape index (κ2) is 6.21. The van der Waals surface area contributed by atoms with Crippen molar-refractivity contribution in [3.63, 3.8) is 0 Å². The highest BCUT2D eigenvalue weighted by Gasteiger charge is 2.12. The minimum absolute atomic E-state index is 0.567. The van der Waals surface area contributed by atoms with Gasteiger partial charge in [-0.05, 0) is 24.1 Å². The summed E-state index contributed by atoms with van der Waals surface area (Å²) in [6, 6.07) is 5.44. The first kappa shape index (κ1) is 14.1. The van der Waals surface area contributed by atoms with Crippen LogP contribution in [0.2, 0.25) is 5.02 Å². The summed E-state index contributed by atoms with van der Waals surface area (Å²) in [5, 5.41) is 4.71. The number of rotatable bonds is 5. The highest BCUT2D eigenvalue weighted by atomic mass is 35.5. The first-order valence-corrected chi connectivity index (χ1v) is 7.16. The van der Waals surface area contributed by atoms with Crippen molar-refractivity contribution in [2.75, 3.05) is 19.0 Å². The van der Waals surface area contributed by atoms with Gasteiger partial charge in [-0.1, -0.05) is 25.4 Å². The zero-order valence-corrected chi connectivity index (χ0v) is 12.7. The summed E-state index contributed by atoms with van der Waals surface area (Å²) in [6.07, 6.45) is 0. The molecule has 0 bridgehead atoms. The SMILES string of the molecule is COc1cc(Cl)ccc1-c1nsc(NCC(C)C)n1. The van der Waals surface area contributed by atoms with Gasteiger partial charge in [-0.25, -0.2) is 0 Å². The van der Waals surface area contributed by atoms with Crippen molar-refractivity contribution in [1.82, 2.24) is 9.36 Å². The van der Waals surface area contributed by atoms with Crippen LogP contribution in [0.5, 0.6) is 5.75 Å². The molecule has 1 heterocycles. The molecule has 0 fully saturated rings. The van der Waals surface area contributed by atoms with E-state index in [0.29, 0.717) is 22.5 Å². The lowest BCUT2D eigenvalue weighted by atomic mass is 10.2. The molecule has 4 nitrogen and oxygen atoms in total. The first-order chi connectivity index (χ1) is 9.10. The normalized spacial score (nSPS) is 10.8. The number of nitrogens with zero attached hydrogens (tertiary/aromatic N) is 2. The van der Waals surface area contributed by atoms with Gasteiger partial charge in [0.25, 0.3) is 0 Å². The maximum absolute atomic E-state index is 5.94. The lowest BCUT2D eigenvalue weighted by molar-refractivity contribution is 0.416. The van der Waals surface area contributed by atoms with E-state index in [4.69, 9.17) is 16.3 Å². The van der Waals surface area contributed by atoms with Crippen LogP contribution < -0.4 is 10.1 Å². The number of hydrogen-bond acceptors (Lipinski definition) is 5. The molecule has 0 unspecified atom stereocenters. The summed E-state index contributed by atoms with van der Waals surface area (Å²) in [7, 11) is 1.61. The van der Waals surface area contributed by atoms with Crippen LogP contribution in [-0.2, 0) is 0 Å². The first-order valence-electron chi connectivity index (χ1n) is 6.01. The lowest BCUT2D eigenvalue weighted by Crippen LogP contribution is -2.07. The topological polar surface area (TPSA) is 47.0 Å². The number of aromatic nitrogens is 2. The average Bonchev–Trinajstić information content (AvgIpc) is 2.84. The van der Waals surface area contributed by atoms with Crippen molar-refractivity contribution in [3.8, 4) is 17.1 Å². The van der Waals surface area contributed by atoms with Gasteiger partial charge in [-0.2, -0.15) is 9.36 Å². The smallest absolute Gasteiger partial charge is 0.202 e. The van der Waals surface area contributed by atoms with Gasteiger partial charge in [0.05, 0.1) is 12.7 Å². The number of methoxy groups -OCH3 is 1. The summed E-state index contributed by atoms with van der Waals surface area (Å²) < 4.78 is 9.66. The molecule has 0 aliphatic heterocycles. The third kappa shape index (κ3) is 3.58. The second-order valence-corrected chi connectivity index (χ2v) is 5.73. The van der Waals surface area contributed by atoms with Crippen LogP contribution in [0.3, 0.4) is 0 Å². The van der Waals surface area contributed by atoms with Gasteiger partial charge in [0.1, 0.15) is 5.75 Å². The second-order valence-electron chi connectivity index (χ2n) is 4.54. The van der Waals surface area contributed by atoms with E-state index in [2.05, 4.69) is 28.5 Å². The van der Waals surface area contributed by atoms with Crippen LogP contribution in [-0.4, -0.2) is 23.0 Å². The monoisotopic (exact) mass is 297 g/mol. The zero-order valence-electron chi connectivity index (χ0n) is 11.1. The molecule has 2 aromatic rings. The molecule has 0 amide bonds. The van der Waals surface area contributed by atoms with Gasteiger partial charge in [0, 0.05) is 23.1 Å². The van der Waals surface area contributed by atoms with E-state index in [0.717, 1.165) is 17.2 Å². The Morgan fingerprint density at radius 2 is 2.21 bits per heavy atom. The Morgan fingerprint density at radius 1 is 1.42 bits per heavy atom. The van der Waals surface area contributed by atoms with Crippen LogP contribution in [0.4, 0.5) is 5.13 Å². The molecule has 1 aromatic carbocycles. The molecule has 0 saturated carbocycles. The van der Waals surface area contributed by atoms with Crippen molar-refractivity contribution >= 4 is 28.3 Å². The Hall–Kier alpha value is -1.33. The van der Waals surface area contributed by atoms with E-state index in [9.17, 15) is 0 Å². The Balaban J connectivity index is 2.22. The summed E-state index contributed by atoms with van der Waals surface area (Å²) in [5.41, 5.74) is 0.848. The van der Waals surface area contributed by atoms with Gasteiger partial charge in [-0.3, -0.25) is 0 Å². The maximum atomic E-state index is 5.94. The van der Waals surface area contributed by atoms with Crippen LogP contribution in [0.1, 0.15) is 13.8 Å². The highest BCUT2D eigenvalue weighted by molar-refractivity contribution is 7.09. The molecule has 0 aliphatic rings. The quantitative estimate of drug-likeness (QED) is 0.908. The van der Waals surface area contributed by atoms with Crippen molar-refractivity contribution in [3.05, 3.63) is 23.2 Å². The zero-order chi connectivity index (χ0) is 13.8. The van der Waals surface area contributed by atoms with Gasteiger partial charge in [-0.15, -0.1) is 0 Å². The molecule has 0 spiro atoms. The fourth-order valence-corrected chi connectivity index (χ4v) is 2.30. The average molecular weight is 298 g/mol. The van der Waals surface area contributed by atoms with Gasteiger partial charge in [0.15, 0.2) is 5.82 Å². The van der Waals surface area contributed by atoms with E-state index in [1.165, 1.54) is 11.5 Å². The minimum Gasteiger partial charge on any atom is -0.496 e. The third-order valence-corrected chi connectivity index (χ3v) is 3.40. The largest absolute Gasteiger partial charge is 0.496 e. The number of nitrogens with one attached hydrogen (secondary N) is 1. The Morgan fingerprint density at radius 3 is 2.89 bits per heavy atom. The summed E-state index contributed by atoms with van der Waals surface area (Å²) >= 11 is 7.29. The van der Waals surface area contributed by atoms with E-state index in [-0.39, 0.29) is 0 Å². The predicted molar refractivity (Wildman–Crippen MR) is 80.2 cm³/mol. The minimum atomic E-state index is 0.567. The standard InChI is InChI=1S/C13H16ClN3OS/c1-8(2)7-15-13-16-12(17-19-13)10-5-4-9(14)6-11(10)18-3/h4-6,8H,7H2,1-3H3,(H,15,16,17). The van der Waals surface area contributed by atoms with E-state index in [1.54, 1.807) is 13.2 Å². The van der Waals surface area contributed by atoms with E-state index < -0.39 is 0 Å². The Kier molecular flexibility index (Phi) is 4.61. The van der Waals surface area contributed by atoms with E-state index >= 15 is 0 Å². The van der Waals surface area contributed by atoms with Crippen LogP contribution in [0, 0.1) is 5.92 Å². The van der Waals surface area contributed by atoms with Crippen molar-refractivity contribution < 1.29 is 4.74 Å². The van der Waals surface area contributed by atoms with Crippen LogP contribution >= 0.6 is 23.1 Å². The fourth-order valence-electron chi connectivity index (χ4n) is 1.55. The predicted octanol–water partition coefficient (Wildman–Crippen LogP) is 3.94. The van der Waals surface area contributed by atoms with Gasteiger partial charge < -0.3 is 10.1 Å². The maximum Gasteiger partial charge on any atom is 0.202 e. The molecule has 19 heavy (non-hydrogen) atoms. The number of anilines is 1. The number of ether oxygens (including phenoxy) is 1. The molecular weight excluding hydrogens is 282 g/mol. The molecule has 0 aliphatic carbocycles. The molecule has 1 aromatic heterocycles. The number of benzene rings is 1. The molecular formula is C13H16ClN3OS. The third-order valence-electron chi connectivity index (χ3n) is 2.49. The molecule has 6 heteroatoms. The molecule has 0 radical (unpaired) electrons.